The normalized spacial score (nSPS) is 10.6. The van der Waals surface area contributed by atoms with Crippen molar-refractivity contribution in [3.05, 3.63) is 80.2 Å². The van der Waals surface area contributed by atoms with E-state index in [1.165, 1.54) is 22.0 Å². The van der Waals surface area contributed by atoms with Gasteiger partial charge in [0.2, 0.25) is 0 Å². The number of nitrogens with zero attached hydrogens (tertiary/aromatic N) is 2. The van der Waals surface area contributed by atoms with Gasteiger partial charge >= 0.3 is 5.97 Å². The molecule has 2 heterocycles. The van der Waals surface area contributed by atoms with Crippen molar-refractivity contribution in [2.45, 2.75) is 19.9 Å². The first-order valence-corrected chi connectivity index (χ1v) is 10.1. The second-order valence-electron chi connectivity index (χ2n) is 6.03. The number of carbonyl (C=O) groups excluding carboxylic acids is 2. The Morgan fingerprint density at radius 3 is 2.79 bits per heavy atom. The summed E-state index contributed by atoms with van der Waals surface area (Å²) in [6.07, 6.45) is 1.62. The number of halogens is 1. The lowest BCUT2D eigenvalue weighted by molar-refractivity contribution is -0.142. The molecule has 0 aliphatic heterocycles. The summed E-state index contributed by atoms with van der Waals surface area (Å²) < 4.78 is 6.30. The number of anilines is 1. The van der Waals surface area contributed by atoms with Crippen molar-refractivity contribution in [1.82, 2.24) is 9.55 Å². The SMILES string of the molecule is CCOC(=O)Cc1csc(NC(=O)c2cccn(Cc3ccccc3Cl)c2=O)n1. The molecule has 0 bridgehead atoms. The minimum Gasteiger partial charge on any atom is -0.466 e. The predicted octanol–water partition coefficient (Wildman–Crippen LogP) is 3.36. The molecule has 1 amide bonds. The first-order chi connectivity index (χ1) is 14.0. The number of hydrogen-bond acceptors (Lipinski definition) is 6. The van der Waals surface area contributed by atoms with E-state index < -0.39 is 11.5 Å². The van der Waals surface area contributed by atoms with Gasteiger partial charge in [-0.2, -0.15) is 0 Å². The van der Waals surface area contributed by atoms with Gasteiger partial charge in [0.25, 0.3) is 11.5 Å². The monoisotopic (exact) mass is 431 g/mol. The molecule has 150 valence electrons. The Kier molecular flexibility index (Phi) is 6.79. The summed E-state index contributed by atoms with van der Waals surface area (Å²) in [7, 11) is 0. The van der Waals surface area contributed by atoms with Crippen LogP contribution in [0.1, 0.15) is 28.5 Å². The molecule has 0 aliphatic carbocycles. The Morgan fingerprint density at radius 2 is 2.03 bits per heavy atom. The van der Waals surface area contributed by atoms with Gasteiger partial charge in [-0.1, -0.05) is 29.8 Å². The van der Waals surface area contributed by atoms with Crippen LogP contribution in [-0.2, 0) is 22.5 Å². The highest BCUT2D eigenvalue weighted by Crippen LogP contribution is 2.17. The third kappa shape index (κ3) is 5.30. The van der Waals surface area contributed by atoms with Gasteiger partial charge in [-0.3, -0.25) is 19.7 Å². The van der Waals surface area contributed by atoms with Crippen molar-refractivity contribution in [3.8, 4) is 0 Å². The summed E-state index contributed by atoms with van der Waals surface area (Å²) in [6, 6.07) is 10.3. The summed E-state index contributed by atoms with van der Waals surface area (Å²) in [6.45, 7) is 2.27. The zero-order valence-electron chi connectivity index (χ0n) is 15.6. The van der Waals surface area contributed by atoms with Crippen molar-refractivity contribution in [2.75, 3.05) is 11.9 Å². The average molecular weight is 432 g/mol. The Labute approximate surface area is 175 Å². The number of benzene rings is 1. The van der Waals surface area contributed by atoms with E-state index in [4.69, 9.17) is 16.3 Å². The van der Waals surface area contributed by atoms with Gasteiger partial charge in [-0.15, -0.1) is 11.3 Å². The van der Waals surface area contributed by atoms with Crippen molar-refractivity contribution in [1.29, 1.82) is 0 Å². The molecule has 0 saturated carbocycles. The predicted molar refractivity (Wildman–Crippen MR) is 112 cm³/mol. The lowest BCUT2D eigenvalue weighted by Crippen LogP contribution is -2.29. The van der Waals surface area contributed by atoms with E-state index in [1.54, 1.807) is 30.6 Å². The van der Waals surface area contributed by atoms with Gasteiger partial charge in [-0.05, 0) is 30.7 Å². The molecular formula is C20H18ClN3O4S. The van der Waals surface area contributed by atoms with Gasteiger partial charge < -0.3 is 9.30 Å². The number of thiazole rings is 1. The van der Waals surface area contributed by atoms with E-state index in [0.717, 1.165) is 5.56 Å². The zero-order chi connectivity index (χ0) is 20.8. The average Bonchev–Trinajstić information content (AvgIpc) is 3.11. The molecule has 3 aromatic rings. The molecule has 0 saturated heterocycles. The molecule has 0 unspecified atom stereocenters. The fraction of sp³-hybridized carbons (Fsp3) is 0.200. The minimum atomic E-state index is -0.569. The number of ether oxygens (including phenoxy) is 1. The molecule has 3 rings (SSSR count). The molecule has 0 aliphatic rings. The summed E-state index contributed by atoms with van der Waals surface area (Å²) in [5, 5.41) is 5.11. The summed E-state index contributed by atoms with van der Waals surface area (Å²) in [5.41, 5.74) is 0.820. The van der Waals surface area contributed by atoms with Crippen molar-refractivity contribution in [2.24, 2.45) is 0 Å². The maximum atomic E-state index is 12.7. The number of aromatic nitrogens is 2. The molecule has 29 heavy (non-hydrogen) atoms. The zero-order valence-corrected chi connectivity index (χ0v) is 17.1. The molecule has 0 atom stereocenters. The lowest BCUT2D eigenvalue weighted by Gasteiger charge is -2.09. The Bertz CT molecular complexity index is 1090. The van der Waals surface area contributed by atoms with Crippen LogP contribution in [0.5, 0.6) is 0 Å². The molecule has 1 aromatic carbocycles. The van der Waals surface area contributed by atoms with Gasteiger partial charge in [0.05, 0.1) is 25.3 Å². The number of carbonyl (C=O) groups is 2. The second-order valence-corrected chi connectivity index (χ2v) is 7.29. The summed E-state index contributed by atoms with van der Waals surface area (Å²) in [5.74, 6) is -0.957. The number of pyridine rings is 1. The van der Waals surface area contributed by atoms with Crippen molar-refractivity contribution < 1.29 is 14.3 Å². The van der Waals surface area contributed by atoms with E-state index in [2.05, 4.69) is 10.3 Å². The van der Waals surface area contributed by atoms with Crippen molar-refractivity contribution in [3.63, 3.8) is 0 Å². The molecule has 9 heteroatoms. The van der Waals surface area contributed by atoms with Crippen LogP contribution in [0.3, 0.4) is 0 Å². The van der Waals surface area contributed by atoms with Crippen LogP contribution in [0.2, 0.25) is 5.02 Å². The molecule has 0 radical (unpaired) electrons. The number of esters is 1. The molecular weight excluding hydrogens is 414 g/mol. The third-order valence-electron chi connectivity index (χ3n) is 3.97. The fourth-order valence-corrected chi connectivity index (χ4v) is 3.52. The molecule has 0 fully saturated rings. The molecule has 7 nitrogen and oxygen atoms in total. The number of amides is 1. The van der Waals surface area contributed by atoms with Gasteiger partial charge in [-0.25, -0.2) is 4.98 Å². The van der Waals surface area contributed by atoms with E-state index in [-0.39, 0.29) is 24.5 Å². The highest BCUT2D eigenvalue weighted by atomic mass is 35.5. The van der Waals surface area contributed by atoms with E-state index in [9.17, 15) is 14.4 Å². The van der Waals surface area contributed by atoms with Gasteiger partial charge in [0, 0.05) is 16.6 Å². The standard InChI is InChI=1S/C20H18ClN3O4S/c1-2-28-17(25)10-14-12-29-20(22-14)23-18(26)15-7-5-9-24(19(15)27)11-13-6-3-4-8-16(13)21/h3-9,12H,2,10-11H2,1H3,(H,22,23,26). The highest BCUT2D eigenvalue weighted by Gasteiger charge is 2.15. The Morgan fingerprint density at radius 1 is 1.24 bits per heavy atom. The van der Waals surface area contributed by atoms with Crippen LogP contribution in [0.25, 0.3) is 0 Å². The highest BCUT2D eigenvalue weighted by molar-refractivity contribution is 7.14. The quantitative estimate of drug-likeness (QED) is 0.579. The smallest absolute Gasteiger partial charge is 0.311 e. The Hall–Kier alpha value is -2.97. The van der Waals surface area contributed by atoms with Crippen LogP contribution in [0.15, 0.2) is 52.8 Å². The first-order valence-electron chi connectivity index (χ1n) is 8.82. The van der Waals surface area contributed by atoms with Crippen LogP contribution in [0, 0.1) is 0 Å². The van der Waals surface area contributed by atoms with Crippen molar-refractivity contribution >= 4 is 39.9 Å². The largest absolute Gasteiger partial charge is 0.466 e. The maximum Gasteiger partial charge on any atom is 0.311 e. The number of nitrogens with one attached hydrogen (secondary N) is 1. The number of rotatable bonds is 7. The van der Waals surface area contributed by atoms with Gasteiger partial charge in [0.15, 0.2) is 5.13 Å². The van der Waals surface area contributed by atoms with Crippen LogP contribution < -0.4 is 10.9 Å². The maximum absolute atomic E-state index is 12.7. The molecule has 1 N–H and O–H groups in total. The van der Waals surface area contributed by atoms with Crippen LogP contribution in [0.4, 0.5) is 5.13 Å². The molecule has 0 spiro atoms. The van der Waals surface area contributed by atoms with E-state index in [0.29, 0.717) is 22.5 Å². The Balaban J connectivity index is 1.73. The summed E-state index contributed by atoms with van der Waals surface area (Å²) >= 11 is 7.33. The summed E-state index contributed by atoms with van der Waals surface area (Å²) in [4.78, 5) is 41.0. The fourth-order valence-electron chi connectivity index (χ4n) is 2.61. The minimum absolute atomic E-state index is 0.0123. The lowest BCUT2D eigenvalue weighted by atomic mass is 10.2. The first kappa shape index (κ1) is 20.8. The van der Waals surface area contributed by atoms with Crippen LogP contribution >= 0.6 is 22.9 Å². The van der Waals surface area contributed by atoms with E-state index >= 15 is 0 Å². The van der Waals surface area contributed by atoms with Crippen LogP contribution in [-0.4, -0.2) is 28.0 Å². The van der Waals surface area contributed by atoms with E-state index in [1.807, 2.05) is 18.2 Å². The topological polar surface area (TPSA) is 90.3 Å². The number of hydrogen-bond donors (Lipinski definition) is 1. The second kappa shape index (κ2) is 9.49. The van der Waals surface area contributed by atoms with Gasteiger partial charge in [0.1, 0.15) is 5.56 Å². The third-order valence-corrected chi connectivity index (χ3v) is 5.14. The molecule has 2 aromatic heterocycles.